The third-order valence-corrected chi connectivity index (χ3v) is 9.19. The molecule has 0 amide bonds. The van der Waals surface area contributed by atoms with Gasteiger partial charge in [0.1, 0.15) is 30.5 Å². The number of unbranched alkanes of at least 4 members (excludes halogenated alkanes) is 19. The van der Waals surface area contributed by atoms with E-state index in [0.29, 0.717) is 13.0 Å². The summed E-state index contributed by atoms with van der Waals surface area (Å²) >= 11 is 0. The minimum absolute atomic E-state index is 0.0384. The third-order valence-electron chi connectivity index (χ3n) is 8.73. The first-order valence-corrected chi connectivity index (χ1v) is 20.2. The van der Waals surface area contributed by atoms with Gasteiger partial charge in [-0.25, -0.2) is 4.18 Å². The van der Waals surface area contributed by atoms with Crippen molar-refractivity contribution in [1.82, 2.24) is 0 Å². The Kier molecular flexibility index (Phi) is 27.0. The number of rotatable bonds is 32. The number of hydrogen-bond acceptors (Lipinski definition) is 11. The largest absolute Gasteiger partial charge is 0.457 e. The molecule has 0 aliphatic carbocycles. The molecule has 1 aliphatic rings. The van der Waals surface area contributed by atoms with Crippen LogP contribution < -0.4 is 0 Å². The summed E-state index contributed by atoms with van der Waals surface area (Å²) in [7, 11) is -5.04. The van der Waals surface area contributed by atoms with Gasteiger partial charge in [-0.1, -0.05) is 136 Å². The molecule has 286 valence electrons. The lowest BCUT2D eigenvalue weighted by molar-refractivity contribution is -0.301. The van der Waals surface area contributed by atoms with Crippen molar-refractivity contribution in [2.75, 3.05) is 26.4 Å². The molecular weight excluding hydrogens is 644 g/mol. The average Bonchev–Trinajstić information content (AvgIpc) is 3.05. The Morgan fingerprint density at radius 1 is 0.708 bits per heavy atom. The summed E-state index contributed by atoms with van der Waals surface area (Å²) in [5.41, 5.74) is 0. The number of aliphatic hydroxyl groups is 3. The van der Waals surface area contributed by atoms with Gasteiger partial charge >= 0.3 is 16.4 Å². The second-order valence-corrected chi connectivity index (χ2v) is 14.2. The highest BCUT2D eigenvalue weighted by Crippen LogP contribution is 2.26. The van der Waals surface area contributed by atoms with E-state index < -0.39 is 59.8 Å². The highest BCUT2D eigenvalue weighted by molar-refractivity contribution is 7.80. The monoisotopic (exact) mass is 712 g/mol. The molecule has 0 saturated carbocycles. The maximum atomic E-state index is 12.3. The Labute approximate surface area is 290 Å². The summed E-state index contributed by atoms with van der Waals surface area (Å²) in [5, 5.41) is 30.2. The Morgan fingerprint density at radius 2 is 1.19 bits per heavy atom. The maximum absolute atomic E-state index is 12.3. The summed E-state index contributed by atoms with van der Waals surface area (Å²) in [6.07, 6.45) is 17.2. The predicted molar refractivity (Wildman–Crippen MR) is 184 cm³/mol. The highest BCUT2D eigenvalue weighted by atomic mass is 32.3. The number of ether oxygens (including phenoxy) is 4. The van der Waals surface area contributed by atoms with Gasteiger partial charge in [0.05, 0.1) is 19.8 Å². The average molecular weight is 713 g/mol. The van der Waals surface area contributed by atoms with Gasteiger partial charge in [0.2, 0.25) is 0 Å². The second kappa shape index (κ2) is 28.8. The van der Waals surface area contributed by atoms with Gasteiger partial charge in [0.25, 0.3) is 0 Å². The molecule has 1 heterocycles. The molecule has 12 nitrogen and oxygen atoms in total. The molecule has 1 fully saturated rings. The zero-order valence-corrected chi connectivity index (χ0v) is 30.6. The fourth-order valence-corrected chi connectivity index (χ4v) is 6.33. The molecule has 1 rings (SSSR count). The van der Waals surface area contributed by atoms with Gasteiger partial charge in [-0.05, 0) is 12.8 Å². The van der Waals surface area contributed by atoms with Crippen molar-refractivity contribution in [1.29, 1.82) is 0 Å². The zero-order chi connectivity index (χ0) is 35.5. The number of carbonyl (C=O) groups is 1. The fraction of sp³-hybridized carbons (Fsp3) is 0.971. The van der Waals surface area contributed by atoms with Gasteiger partial charge in [0.15, 0.2) is 6.29 Å². The normalized spacial score (nSPS) is 22.2. The second-order valence-electron chi connectivity index (χ2n) is 13.2. The van der Waals surface area contributed by atoms with Crippen molar-refractivity contribution >= 4 is 16.4 Å². The van der Waals surface area contributed by atoms with Crippen LogP contribution in [0.5, 0.6) is 0 Å². The van der Waals surface area contributed by atoms with Crippen LogP contribution in [0.25, 0.3) is 0 Å². The van der Waals surface area contributed by atoms with Crippen molar-refractivity contribution < 1.29 is 56.2 Å². The lowest BCUT2D eigenvalue weighted by Crippen LogP contribution is -2.60. The topological polar surface area (TPSA) is 178 Å². The van der Waals surface area contributed by atoms with Crippen LogP contribution in [-0.2, 0) is 38.3 Å². The Morgan fingerprint density at radius 3 is 1.65 bits per heavy atom. The standard InChI is InChI=1S/C35H68O12S/c1-3-5-7-8-9-10-11-12-13-14-15-16-17-18-19-20-21-22-23-25-43-27-29(45-31(37)24-6-4-2)28-44-35-33(39)34(47-48(40,41)42)32(38)30(26-36)46-35/h29-30,32-36,38-39H,3-28H2,1-2H3,(H,40,41,42). The smallest absolute Gasteiger partial charge is 0.397 e. The minimum atomic E-state index is -5.04. The molecule has 13 heteroatoms. The Balaban J connectivity index is 2.24. The number of aliphatic hydroxyl groups excluding tert-OH is 3. The van der Waals surface area contributed by atoms with Gasteiger partial charge < -0.3 is 34.3 Å². The minimum Gasteiger partial charge on any atom is -0.457 e. The fourth-order valence-electron chi connectivity index (χ4n) is 5.83. The Bertz CT molecular complexity index is 874. The summed E-state index contributed by atoms with van der Waals surface area (Å²) in [5.74, 6) is -0.432. The lowest BCUT2D eigenvalue weighted by Gasteiger charge is -2.41. The molecule has 0 radical (unpaired) electrons. The summed E-state index contributed by atoms with van der Waals surface area (Å²) in [4.78, 5) is 12.3. The van der Waals surface area contributed by atoms with Crippen molar-refractivity contribution in [2.24, 2.45) is 0 Å². The van der Waals surface area contributed by atoms with Crippen molar-refractivity contribution in [2.45, 2.75) is 192 Å². The molecule has 0 aromatic rings. The van der Waals surface area contributed by atoms with E-state index in [1.165, 1.54) is 103 Å². The molecular formula is C35H68O12S. The van der Waals surface area contributed by atoms with E-state index in [2.05, 4.69) is 11.1 Å². The highest BCUT2D eigenvalue weighted by Gasteiger charge is 2.48. The molecule has 48 heavy (non-hydrogen) atoms. The van der Waals surface area contributed by atoms with E-state index in [0.717, 1.165) is 25.7 Å². The maximum Gasteiger partial charge on any atom is 0.397 e. The van der Waals surface area contributed by atoms with Crippen molar-refractivity contribution in [3.05, 3.63) is 0 Å². The number of esters is 1. The third kappa shape index (κ3) is 22.7. The Hall–Kier alpha value is -0.900. The quantitative estimate of drug-likeness (QED) is 0.0354. The van der Waals surface area contributed by atoms with E-state index in [1.807, 2.05) is 6.92 Å². The SMILES string of the molecule is CCCCCCCCCCCCCCCCCCCCCOCC(COC1OC(CO)C(O)C(OS(=O)(=O)O)C1O)OC(=O)CCCC. The molecule has 0 bridgehead atoms. The van der Waals surface area contributed by atoms with Crippen LogP contribution in [-0.4, -0.2) is 97.5 Å². The first kappa shape index (κ1) is 45.1. The van der Waals surface area contributed by atoms with Crippen LogP contribution in [0, 0.1) is 0 Å². The summed E-state index contributed by atoms with van der Waals surface area (Å²) in [6, 6.07) is 0. The van der Waals surface area contributed by atoms with Gasteiger partial charge in [-0.2, -0.15) is 8.42 Å². The first-order valence-electron chi connectivity index (χ1n) is 18.8. The molecule has 1 aliphatic heterocycles. The van der Waals surface area contributed by atoms with Crippen molar-refractivity contribution in [3.63, 3.8) is 0 Å². The molecule has 6 atom stereocenters. The van der Waals surface area contributed by atoms with Crippen LogP contribution in [0.1, 0.15) is 155 Å². The van der Waals surface area contributed by atoms with E-state index in [1.54, 1.807) is 0 Å². The molecule has 0 aromatic heterocycles. The molecule has 4 N–H and O–H groups in total. The van der Waals surface area contributed by atoms with Gasteiger partial charge in [-0.15, -0.1) is 0 Å². The predicted octanol–water partition coefficient (Wildman–Crippen LogP) is 6.18. The van der Waals surface area contributed by atoms with Crippen LogP contribution >= 0.6 is 0 Å². The molecule has 0 aromatic carbocycles. The molecule has 0 spiro atoms. The summed E-state index contributed by atoms with van der Waals surface area (Å²) < 4.78 is 58.1. The zero-order valence-electron chi connectivity index (χ0n) is 29.8. The van der Waals surface area contributed by atoms with Gasteiger partial charge in [-0.3, -0.25) is 9.35 Å². The van der Waals surface area contributed by atoms with E-state index in [4.69, 9.17) is 23.5 Å². The van der Waals surface area contributed by atoms with Crippen LogP contribution in [0.3, 0.4) is 0 Å². The number of hydrogen-bond donors (Lipinski definition) is 4. The van der Waals surface area contributed by atoms with E-state index in [9.17, 15) is 28.5 Å². The number of carbonyl (C=O) groups excluding carboxylic acids is 1. The molecule has 6 unspecified atom stereocenters. The van der Waals surface area contributed by atoms with Gasteiger partial charge in [0, 0.05) is 13.0 Å². The lowest BCUT2D eigenvalue weighted by atomic mass is 9.99. The van der Waals surface area contributed by atoms with Crippen LogP contribution in [0.2, 0.25) is 0 Å². The summed E-state index contributed by atoms with van der Waals surface area (Å²) in [6.45, 7) is 3.73. The molecule has 1 saturated heterocycles. The van der Waals surface area contributed by atoms with Crippen LogP contribution in [0.15, 0.2) is 0 Å². The van der Waals surface area contributed by atoms with E-state index >= 15 is 0 Å². The van der Waals surface area contributed by atoms with E-state index in [-0.39, 0.29) is 19.6 Å². The van der Waals surface area contributed by atoms with Crippen molar-refractivity contribution in [3.8, 4) is 0 Å². The van der Waals surface area contributed by atoms with Crippen LogP contribution in [0.4, 0.5) is 0 Å². The first-order chi connectivity index (χ1) is 23.1.